The summed E-state index contributed by atoms with van der Waals surface area (Å²) >= 11 is 0. The molecule has 0 aliphatic carbocycles. The van der Waals surface area contributed by atoms with Crippen molar-refractivity contribution in [2.75, 3.05) is 6.61 Å². The highest BCUT2D eigenvalue weighted by atomic mass is 16.4. The Hall–Kier alpha value is -1.59. The summed E-state index contributed by atoms with van der Waals surface area (Å²) in [4.78, 5) is 10.8. The molecule has 0 saturated heterocycles. The molecule has 1 unspecified atom stereocenters. The second-order valence-electron chi connectivity index (χ2n) is 5.49. The Labute approximate surface area is 118 Å². The van der Waals surface area contributed by atoms with Gasteiger partial charge in [-0.05, 0) is 44.2 Å². The van der Waals surface area contributed by atoms with Gasteiger partial charge in [-0.15, -0.1) is 0 Å². The number of aliphatic hydroxyl groups excluding tert-OH is 1. The lowest BCUT2D eigenvalue weighted by Gasteiger charge is -2.25. The first kappa shape index (κ1) is 16.5. The van der Waals surface area contributed by atoms with Gasteiger partial charge in [-0.3, -0.25) is 0 Å². The van der Waals surface area contributed by atoms with Crippen LogP contribution in [0.1, 0.15) is 49.0 Å². The quantitative estimate of drug-likeness (QED) is 0.614. The number of carboxylic acid groups (broad SMARTS) is 1. The second-order valence-corrected chi connectivity index (χ2v) is 5.49. The van der Waals surface area contributed by atoms with E-state index in [1.165, 1.54) is 12.1 Å². The SMILES string of the molecule is CC(CO)CCC[C@](C)(O)c1ccc(C(=O)O)cc1O. The molecule has 2 atom stereocenters. The molecule has 0 radical (unpaired) electrons. The predicted molar refractivity (Wildman–Crippen MR) is 74.7 cm³/mol. The monoisotopic (exact) mass is 282 g/mol. The van der Waals surface area contributed by atoms with Gasteiger partial charge in [0, 0.05) is 12.2 Å². The van der Waals surface area contributed by atoms with Crippen LogP contribution in [-0.2, 0) is 5.60 Å². The number of carbonyl (C=O) groups is 1. The van der Waals surface area contributed by atoms with Crippen LogP contribution in [0.3, 0.4) is 0 Å². The van der Waals surface area contributed by atoms with Crippen molar-refractivity contribution >= 4 is 5.97 Å². The number of aromatic hydroxyl groups is 1. The Bertz CT molecular complexity index is 467. The lowest BCUT2D eigenvalue weighted by molar-refractivity contribution is 0.0405. The van der Waals surface area contributed by atoms with Gasteiger partial charge in [-0.1, -0.05) is 13.0 Å². The minimum absolute atomic E-state index is 0.0176. The van der Waals surface area contributed by atoms with Gasteiger partial charge in [0.1, 0.15) is 5.75 Å². The summed E-state index contributed by atoms with van der Waals surface area (Å²) in [5, 5.41) is 38.1. The van der Waals surface area contributed by atoms with Crippen LogP contribution < -0.4 is 0 Å². The molecule has 1 rings (SSSR count). The van der Waals surface area contributed by atoms with Gasteiger partial charge in [-0.25, -0.2) is 4.79 Å². The molecule has 0 saturated carbocycles. The van der Waals surface area contributed by atoms with Crippen molar-refractivity contribution in [2.24, 2.45) is 5.92 Å². The average molecular weight is 282 g/mol. The number of phenolic OH excluding ortho intramolecular Hbond substituents is 1. The highest BCUT2D eigenvalue weighted by molar-refractivity contribution is 5.88. The van der Waals surface area contributed by atoms with Gasteiger partial charge < -0.3 is 20.4 Å². The number of phenols is 1. The molecule has 5 heteroatoms. The van der Waals surface area contributed by atoms with Gasteiger partial charge >= 0.3 is 5.97 Å². The van der Waals surface area contributed by atoms with Crippen LogP contribution in [0, 0.1) is 5.92 Å². The fraction of sp³-hybridized carbons (Fsp3) is 0.533. The summed E-state index contributed by atoms with van der Waals surface area (Å²) in [7, 11) is 0. The van der Waals surface area contributed by atoms with Gasteiger partial charge in [0.05, 0.1) is 11.2 Å². The van der Waals surface area contributed by atoms with Crippen LogP contribution in [0.2, 0.25) is 0 Å². The molecule has 0 spiro atoms. The van der Waals surface area contributed by atoms with Crippen LogP contribution in [0.5, 0.6) is 5.75 Å². The average Bonchev–Trinajstić information content (AvgIpc) is 2.37. The van der Waals surface area contributed by atoms with E-state index in [0.29, 0.717) is 18.4 Å². The Balaban J connectivity index is 2.79. The van der Waals surface area contributed by atoms with E-state index in [9.17, 15) is 15.0 Å². The zero-order valence-electron chi connectivity index (χ0n) is 11.8. The summed E-state index contributed by atoms with van der Waals surface area (Å²) in [6.45, 7) is 3.63. The van der Waals surface area contributed by atoms with Crippen molar-refractivity contribution in [2.45, 2.75) is 38.7 Å². The highest BCUT2D eigenvalue weighted by Gasteiger charge is 2.26. The molecule has 0 heterocycles. The molecule has 0 aromatic heterocycles. The molecule has 0 bridgehead atoms. The summed E-state index contributed by atoms with van der Waals surface area (Å²) in [6, 6.07) is 3.94. The minimum Gasteiger partial charge on any atom is -0.508 e. The molecule has 112 valence electrons. The Morgan fingerprint density at radius 3 is 2.55 bits per heavy atom. The molecular formula is C15H22O5. The van der Waals surface area contributed by atoms with Crippen LogP contribution in [0.4, 0.5) is 0 Å². The largest absolute Gasteiger partial charge is 0.508 e. The van der Waals surface area contributed by atoms with E-state index in [2.05, 4.69) is 0 Å². The van der Waals surface area contributed by atoms with Gasteiger partial charge in [-0.2, -0.15) is 0 Å². The number of hydrogen-bond acceptors (Lipinski definition) is 4. The fourth-order valence-electron chi connectivity index (χ4n) is 2.14. The number of hydrogen-bond donors (Lipinski definition) is 4. The standard InChI is InChI=1S/C15H22O5/c1-10(9-16)4-3-7-15(2,20)12-6-5-11(14(18)19)8-13(12)17/h5-6,8,10,16-17,20H,3-4,7,9H2,1-2H3,(H,18,19)/t10?,15-/m0/s1. The third-order valence-corrected chi connectivity index (χ3v) is 3.50. The minimum atomic E-state index is -1.23. The molecule has 1 aromatic rings. The predicted octanol–water partition coefficient (Wildman–Crippen LogP) is 2.10. The number of carboxylic acids is 1. The first-order valence-corrected chi connectivity index (χ1v) is 6.68. The van der Waals surface area contributed by atoms with E-state index in [0.717, 1.165) is 12.5 Å². The Morgan fingerprint density at radius 2 is 2.05 bits per heavy atom. The first-order valence-electron chi connectivity index (χ1n) is 6.68. The van der Waals surface area contributed by atoms with Crippen molar-refractivity contribution in [3.63, 3.8) is 0 Å². The summed E-state index contributed by atoms with van der Waals surface area (Å²) in [5.74, 6) is -1.16. The molecule has 1 aromatic carbocycles. The molecule has 20 heavy (non-hydrogen) atoms. The van der Waals surface area contributed by atoms with E-state index in [4.69, 9.17) is 10.2 Å². The number of benzene rings is 1. The summed E-state index contributed by atoms with van der Waals surface area (Å²) < 4.78 is 0. The van der Waals surface area contributed by atoms with E-state index >= 15 is 0 Å². The van der Waals surface area contributed by atoms with Crippen molar-refractivity contribution in [1.29, 1.82) is 0 Å². The van der Waals surface area contributed by atoms with Crippen LogP contribution in [-0.4, -0.2) is 33.0 Å². The maximum Gasteiger partial charge on any atom is 0.335 e. The number of aromatic carboxylic acids is 1. The molecular weight excluding hydrogens is 260 g/mol. The Kier molecular flexibility index (Phi) is 5.53. The molecule has 5 nitrogen and oxygen atoms in total. The van der Waals surface area contributed by atoms with Gasteiger partial charge in [0.25, 0.3) is 0 Å². The zero-order valence-corrected chi connectivity index (χ0v) is 11.8. The second kappa shape index (κ2) is 6.72. The van der Waals surface area contributed by atoms with E-state index in [-0.39, 0.29) is 23.8 Å². The molecule has 0 aliphatic rings. The number of rotatable bonds is 7. The lowest BCUT2D eigenvalue weighted by Crippen LogP contribution is -2.22. The first-order chi connectivity index (χ1) is 9.27. The molecule has 4 N–H and O–H groups in total. The van der Waals surface area contributed by atoms with E-state index in [1.54, 1.807) is 6.92 Å². The maximum absolute atomic E-state index is 10.8. The molecule has 0 amide bonds. The smallest absolute Gasteiger partial charge is 0.335 e. The normalized spacial score (nSPS) is 15.6. The van der Waals surface area contributed by atoms with Crippen molar-refractivity contribution in [3.8, 4) is 5.75 Å². The zero-order chi connectivity index (χ0) is 15.3. The number of aliphatic hydroxyl groups is 2. The third-order valence-electron chi connectivity index (χ3n) is 3.50. The maximum atomic E-state index is 10.8. The van der Waals surface area contributed by atoms with Crippen LogP contribution >= 0.6 is 0 Å². The summed E-state index contributed by atoms with van der Waals surface area (Å²) in [6.07, 6.45) is 1.91. The van der Waals surface area contributed by atoms with Gasteiger partial charge in [0.2, 0.25) is 0 Å². The van der Waals surface area contributed by atoms with Crippen LogP contribution in [0.25, 0.3) is 0 Å². The fourth-order valence-corrected chi connectivity index (χ4v) is 2.14. The van der Waals surface area contributed by atoms with Crippen molar-refractivity contribution in [3.05, 3.63) is 29.3 Å². The topological polar surface area (TPSA) is 98.0 Å². The molecule has 0 aliphatic heterocycles. The third kappa shape index (κ3) is 4.21. The van der Waals surface area contributed by atoms with Crippen molar-refractivity contribution in [1.82, 2.24) is 0 Å². The Morgan fingerprint density at radius 1 is 1.40 bits per heavy atom. The van der Waals surface area contributed by atoms with Gasteiger partial charge in [0.15, 0.2) is 0 Å². The van der Waals surface area contributed by atoms with Crippen molar-refractivity contribution < 1.29 is 25.2 Å². The van der Waals surface area contributed by atoms with Crippen LogP contribution in [0.15, 0.2) is 18.2 Å². The highest BCUT2D eigenvalue weighted by Crippen LogP contribution is 2.34. The van der Waals surface area contributed by atoms with E-state index in [1.807, 2.05) is 6.92 Å². The lowest BCUT2D eigenvalue weighted by atomic mass is 9.88. The van der Waals surface area contributed by atoms with E-state index < -0.39 is 11.6 Å². The summed E-state index contributed by atoms with van der Waals surface area (Å²) in [5.41, 5.74) is -0.925. The molecule has 0 fully saturated rings.